The number of aromatic nitrogens is 3. The average molecular weight is 553 g/mol. The van der Waals surface area contributed by atoms with E-state index in [0.29, 0.717) is 17.1 Å². The molecular weight excluding hydrogens is 522 g/mol. The summed E-state index contributed by atoms with van der Waals surface area (Å²) in [7, 11) is -1.70. The lowest BCUT2D eigenvalue weighted by Gasteiger charge is -2.43. The monoisotopic (exact) mass is 552 g/mol. The number of benzene rings is 1. The molecule has 0 spiro atoms. The number of allylic oxidation sites excluding steroid dienone is 3. The van der Waals surface area contributed by atoms with Crippen molar-refractivity contribution in [3.8, 4) is 11.4 Å². The fourth-order valence-corrected chi connectivity index (χ4v) is 7.13. The SMILES string of the molecule is CN1NC2=C(C=C1c1c(F)cccc1F)[C@@H]1CC[C@@]2(c2cccc(-c3cnc(NS(C)(=O)=O)cn3)n2)C1(C)C.[HH]. The van der Waals surface area contributed by atoms with Gasteiger partial charge in [0.15, 0.2) is 5.82 Å². The third-order valence-electron chi connectivity index (χ3n) is 8.41. The minimum absolute atomic E-state index is 0. The molecule has 2 bridgehead atoms. The number of pyridine rings is 1. The minimum atomic E-state index is -3.47. The molecule has 2 aliphatic carbocycles. The van der Waals surface area contributed by atoms with Gasteiger partial charge in [0.1, 0.15) is 17.3 Å². The first-order valence-electron chi connectivity index (χ1n) is 12.6. The molecule has 204 valence electrons. The van der Waals surface area contributed by atoms with Gasteiger partial charge < -0.3 is 5.43 Å². The van der Waals surface area contributed by atoms with E-state index in [9.17, 15) is 17.2 Å². The van der Waals surface area contributed by atoms with Crippen molar-refractivity contribution < 1.29 is 18.6 Å². The van der Waals surface area contributed by atoms with Crippen LogP contribution in [0.5, 0.6) is 0 Å². The molecule has 1 aromatic carbocycles. The molecule has 3 aliphatic rings. The first-order chi connectivity index (χ1) is 18.4. The number of rotatable bonds is 5. The van der Waals surface area contributed by atoms with E-state index in [1.165, 1.54) is 30.6 Å². The first-order valence-corrected chi connectivity index (χ1v) is 14.5. The van der Waals surface area contributed by atoms with Gasteiger partial charge in [-0.15, -0.1) is 0 Å². The van der Waals surface area contributed by atoms with Crippen molar-refractivity contribution >= 4 is 21.5 Å². The molecule has 2 N–H and O–H groups in total. The smallest absolute Gasteiger partial charge is 0.231 e. The maximum absolute atomic E-state index is 14.7. The zero-order chi connectivity index (χ0) is 27.7. The van der Waals surface area contributed by atoms with Gasteiger partial charge in [0.25, 0.3) is 0 Å². The van der Waals surface area contributed by atoms with Crippen molar-refractivity contribution in [1.29, 1.82) is 0 Å². The quantitative estimate of drug-likeness (QED) is 0.466. The fraction of sp³-hybridized carbons (Fsp3) is 0.321. The van der Waals surface area contributed by atoms with Crippen LogP contribution >= 0.6 is 0 Å². The number of nitrogens with zero attached hydrogens (tertiary/aromatic N) is 4. The summed E-state index contributed by atoms with van der Waals surface area (Å²) in [6.45, 7) is 4.45. The number of sulfonamides is 1. The third kappa shape index (κ3) is 3.82. The van der Waals surface area contributed by atoms with E-state index in [1.807, 2.05) is 24.3 Å². The molecule has 39 heavy (non-hydrogen) atoms. The van der Waals surface area contributed by atoms with E-state index < -0.39 is 27.1 Å². The van der Waals surface area contributed by atoms with Crippen LogP contribution in [0.2, 0.25) is 0 Å². The van der Waals surface area contributed by atoms with Gasteiger partial charge in [-0.2, -0.15) is 0 Å². The molecule has 1 aliphatic heterocycles. The Bertz CT molecular complexity index is 1660. The number of hydrogen-bond acceptors (Lipinski definition) is 7. The van der Waals surface area contributed by atoms with Crippen molar-refractivity contribution in [2.45, 2.75) is 32.1 Å². The van der Waals surface area contributed by atoms with Gasteiger partial charge >= 0.3 is 0 Å². The Morgan fingerprint density at radius 2 is 1.79 bits per heavy atom. The lowest BCUT2D eigenvalue weighted by atomic mass is 9.65. The predicted molar refractivity (Wildman–Crippen MR) is 146 cm³/mol. The van der Waals surface area contributed by atoms with Gasteiger partial charge in [-0.25, -0.2) is 27.2 Å². The molecular formula is C28H30F2N6O2S. The van der Waals surface area contributed by atoms with Gasteiger partial charge in [-0.05, 0) is 60.1 Å². The largest absolute Gasteiger partial charge is 0.301 e. The molecule has 1 fully saturated rings. The maximum Gasteiger partial charge on any atom is 0.231 e. The van der Waals surface area contributed by atoms with Crippen molar-refractivity contribution in [3.63, 3.8) is 0 Å². The summed E-state index contributed by atoms with van der Waals surface area (Å²) in [5.41, 5.74) is 7.21. The summed E-state index contributed by atoms with van der Waals surface area (Å²) in [5.74, 6) is -0.913. The van der Waals surface area contributed by atoms with E-state index in [1.54, 1.807) is 12.1 Å². The van der Waals surface area contributed by atoms with Crippen LogP contribution in [0.3, 0.4) is 0 Å². The van der Waals surface area contributed by atoms with Crippen LogP contribution in [0.1, 0.15) is 39.4 Å². The van der Waals surface area contributed by atoms with Crippen molar-refractivity contribution in [2.75, 3.05) is 18.0 Å². The second-order valence-corrected chi connectivity index (χ2v) is 12.7. The summed E-state index contributed by atoms with van der Waals surface area (Å²) in [4.78, 5) is 13.6. The van der Waals surface area contributed by atoms with E-state index in [0.717, 1.165) is 36.1 Å². The van der Waals surface area contributed by atoms with Gasteiger partial charge in [0.05, 0.1) is 46.7 Å². The molecule has 2 aromatic heterocycles. The highest BCUT2D eigenvalue weighted by Crippen LogP contribution is 2.68. The van der Waals surface area contributed by atoms with E-state index >= 15 is 0 Å². The van der Waals surface area contributed by atoms with Crippen LogP contribution in [0.4, 0.5) is 14.6 Å². The molecule has 0 amide bonds. The fourth-order valence-electron chi connectivity index (χ4n) is 6.64. The molecule has 1 saturated carbocycles. The first kappa shape index (κ1) is 25.4. The lowest BCUT2D eigenvalue weighted by molar-refractivity contribution is 0.205. The molecule has 0 saturated heterocycles. The van der Waals surface area contributed by atoms with Gasteiger partial charge in [0, 0.05) is 14.2 Å². The third-order valence-corrected chi connectivity index (χ3v) is 8.99. The van der Waals surface area contributed by atoms with Gasteiger partial charge in [-0.3, -0.25) is 14.7 Å². The van der Waals surface area contributed by atoms with Crippen molar-refractivity contribution in [2.24, 2.45) is 11.3 Å². The highest BCUT2D eigenvalue weighted by Gasteiger charge is 2.65. The Balaban J connectivity index is 0.00000323. The van der Waals surface area contributed by atoms with Crippen LogP contribution in [-0.2, 0) is 15.4 Å². The summed E-state index contributed by atoms with van der Waals surface area (Å²) < 4.78 is 54.8. The molecule has 0 radical (unpaired) electrons. The molecule has 2 atom stereocenters. The topological polar surface area (TPSA) is 100 Å². The lowest BCUT2D eigenvalue weighted by Crippen LogP contribution is -2.47. The zero-order valence-corrected chi connectivity index (χ0v) is 22.8. The second kappa shape index (κ2) is 8.57. The summed E-state index contributed by atoms with van der Waals surface area (Å²) >= 11 is 0. The highest BCUT2D eigenvalue weighted by atomic mass is 32.2. The molecule has 3 aromatic rings. The summed E-state index contributed by atoms with van der Waals surface area (Å²) in [6, 6.07) is 9.69. The van der Waals surface area contributed by atoms with Crippen LogP contribution in [-0.4, -0.2) is 41.7 Å². The van der Waals surface area contributed by atoms with Crippen LogP contribution in [0, 0.1) is 23.0 Å². The summed E-state index contributed by atoms with van der Waals surface area (Å²) in [6.07, 6.45) is 7.60. The molecule has 6 rings (SSSR count). The normalized spacial score (nSPS) is 23.4. The van der Waals surface area contributed by atoms with E-state index in [-0.39, 0.29) is 24.1 Å². The number of hydrazine groups is 1. The van der Waals surface area contributed by atoms with Crippen LogP contribution < -0.4 is 10.1 Å². The second-order valence-electron chi connectivity index (χ2n) is 10.9. The molecule has 3 heterocycles. The number of fused-ring (bicyclic) bond motifs is 4. The standard InChI is InChI=1S/C28H28F2N6O2S.H2/c1-27(2)17-11-12-28(27,26-16(17)13-22(36(3)34-26)25-18(29)7-5-8-19(25)30)23-10-6-9-20(33-23)21-14-32-24(15-31-21)35-39(4,37)38;/h5-10,13-15,17,34H,11-12H2,1-4H3,(H,32,35);1H/t17-,28-;/m0./s1. The Kier molecular flexibility index (Phi) is 5.59. The maximum atomic E-state index is 14.7. The number of hydrogen-bond donors (Lipinski definition) is 2. The predicted octanol–water partition coefficient (Wildman–Crippen LogP) is 4.87. The Morgan fingerprint density at radius 3 is 2.46 bits per heavy atom. The van der Waals surface area contributed by atoms with Gasteiger partial charge in [0.2, 0.25) is 10.0 Å². The Morgan fingerprint density at radius 1 is 1.08 bits per heavy atom. The van der Waals surface area contributed by atoms with E-state index in [2.05, 4.69) is 34.0 Å². The van der Waals surface area contributed by atoms with Crippen LogP contribution in [0.25, 0.3) is 17.1 Å². The molecule has 11 heteroatoms. The highest BCUT2D eigenvalue weighted by molar-refractivity contribution is 7.92. The molecule has 8 nitrogen and oxygen atoms in total. The number of nitrogens with one attached hydrogen (secondary N) is 2. The molecule has 0 unspecified atom stereocenters. The summed E-state index contributed by atoms with van der Waals surface area (Å²) in [5, 5.41) is 1.68. The van der Waals surface area contributed by atoms with E-state index in [4.69, 9.17) is 4.98 Å². The Labute approximate surface area is 227 Å². The number of anilines is 1. The van der Waals surface area contributed by atoms with Gasteiger partial charge in [-0.1, -0.05) is 26.0 Å². The minimum Gasteiger partial charge on any atom is -0.301 e. The van der Waals surface area contributed by atoms with Crippen molar-refractivity contribution in [1.82, 2.24) is 25.4 Å². The van der Waals surface area contributed by atoms with Crippen LogP contribution in [0.15, 0.2) is 66.1 Å². The zero-order valence-electron chi connectivity index (χ0n) is 22.0. The average Bonchev–Trinajstić information content (AvgIpc) is 3.24. The Hall–Kier alpha value is -3.86. The van der Waals surface area contributed by atoms with Crippen molar-refractivity contribution in [3.05, 3.63) is 89.0 Å². The number of halogens is 2.